The van der Waals surface area contributed by atoms with Gasteiger partial charge in [0.05, 0.1) is 0 Å². The molecule has 2 aromatic rings. The number of benzene rings is 2. The average molecular weight is 1170 g/mol. The largest absolute Gasteiger partial charge is 0.343 e. The number of hydrogen-bond donors (Lipinski definition) is 10. The van der Waals surface area contributed by atoms with E-state index >= 15 is 0 Å². The second kappa shape index (κ2) is 34.8. The summed E-state index contributed by atoms with van der Waals surface area (Å²) in [6, 6.07) is 5.81. The van der Waals surface area contributed by atoms with Crippen LogP contribution in [-0.4, -0.2) is 119 Å². The normalized spacial score (nSPS) is 25.0. The molecule has 2 aromatic carbocycles. The molecule has 1 saturated heterocycles. The highest BCUT2D eigenvalue weighted by molar-refractivity contribution is 5.99. The van der Waals surface area contributed by atoms with Crippen molar-refractivity contribution in [2.45, 2.75) is 223 Å². The Balaban J connectivity index is 2.29. The summed E-state index contributed by atoms with van der Waals surface area (Å²) in [5.41, 5.74) is 1.38. The Hall–Kier alpha value is -6.86. The second-order valence-corrected chi connectivity index (χ2v) is 26.1. The first-order valence-corrected chi connectivity index (χ1v) is 30.5. The fourth-order valence-electron chi connectivity index (χ4n) is 10.1. The molecule has 3 rings (SSSR count). The molecule has 0 bridgehead atoms. The molecule has 0 aromatic heterocycles. The molecule has 0 saturated carbocycles. The highest BCUT2D eigenvalue weighted by Gasteiger charge is 2.39. The van der Waals surface area contributed by atoms with Crippen molar-refractivity contribution in [3.63, 3.8) is 0 Å². The van der Waals surface area contributed by atoms with Crippen LogP contribution in [0.25, 0.3) is 0 Å². The van der Waals surface area contributed by atoms with Gasteiger partial charge >= 0.3 is 0 Å². The van der Waals surface area contributed by atoms with Crippen LogP contribution in [0.5, 0.6) is 0 Å². The summed E-state index contributed by atoms with van der Waals surface area (Å²) in [4.78, 5) is 146. The maximum absolute atomic E-state index is 14.7. The quantitative estimate of drug-likeness (QED) is 0.0961. The molecule has 1 aliphatic heterocycles. The minimum absolute atomic E-state index is 0.00287. The van der Waals surface area contributed by atoms with Crippen LogP contribution in [0.2, 0.25) is 0 Å². The predicted molar refractivity (Wildman–Crippen MR) is 326 cm³/mol. The summed E-state index contributed by atoms with van der Waals surface area (Å²) in [7, 11) is 0. The number of amides is 10. The first-order valence-electron chi connectivity index (χ1n) is 30.5. The first-order chi connectivity index (χ1) is 39.3. The molecule has 20 heteroatoms. The Labute approximate surface area is 500 Å². The van der Waals surface area contributed by atoms with Gasteiger partial charge < -0.3 is 53.2 Å². The van der Waals surface area contributed by atoms with Crippen LogP contribution in [0.15, 0.2) is 60.7 Å². The van der Waals surface area contributed by atoms with E-state index in [4.69, 9.17) is 0 Å². The Bertz CT molecular complexity index is 2310. The average Bonchev–Trinajstić information content (AvgIpc) is 3.36. The standard InChI is InChI=1S/C64H102N10O10/c1-35(2)27-45-55(75)67-49(31-39(9)10)61(81)73-53(41(13)14)63(83)72-48(30-38(7)8)58(78)70-52(34-44-25-21-18-22-26-44)60(80)66-46(28-36(3)4)56(76)68-50(32-40(11)12)62(82)74-54(42(15)16)64(84)71-47(29-37(5)6)57(77)69-51(59(79)65-45)33-43-23-19-17-20-24-43/h17-26,35-42,45-54H,27-34H2,1-16H3,(H,65,79)(H,66,80)(H,67,75)(H,68,76)(H,69,77)(H,70,78)(H,71,84)(H,72,83)(H,73,81)(H,74,82)/t45-,46+,47-,48-,49+,50-,51+,52+,53-,54-/m1/s1. The molecule has 1 aliphatic rings. The smallest absolute Gasteiger partial charge is 0.243 e. The third kappa shape index (κ3) is 24.8. The van der Waals surface area contributed by atoms with E-state index < -0.39 is 131 Å². The van der Waals surface area contributed by atoms with Gasteiger partial charge in [0.1, 0.15) is 60.4 Å². The molecule has 0 aliphatic carbocycles. The maximum atomic E-state index is 14.7. The summed E-state index contributed by atoms with van der Waals surface area (Å²) in [5.74, 6) is -8.73. The predicted octanol–water partition coefficient (Wildman–Crippen LogP) is 4.92. The van der Waals surface area contributed by atoms with E-state index in [0.717, 1.165) is 0 Å². The van der Waals surface area contributed by atoms with Crippen LogP contribution in [0.1, 0.15) is 160 Å². The Morgan fingerprint density at radius 2 is 0.429 bits per heavy atom. The topological polar surface area (TPSA) is 291 Å². The molecule has 84 heavy (non-hydrogen) atoms. The van der Waals surface area contributed by atoms with Crippen LogP contribution < -0.4 is 53.2 Å². The summed E-state index contributed by atoms with van der Waals surface area (Å²) < 4.78 is 0. The molecule has 0 radical (unpaired) electrons. The van der Waals surface area contributed by atoms with Crippen LogP contribution in [0, 0.1) is 47.3 Å². The third-order valence-electron chi connectivity index (χ3n) is 14.4. The van der Waals surface area contributed by atoms with Gasteiger partial charge in [-0.25, -0.2) is 0 Å². The van der Waals surface area contributed by atoms with Crippen molar-refractivity contribution in [3.8, 4) is 0 Å². The SMILES string of the molecule is CC(C)C[C@@H]1NC(=O)[C@H](Cc2ccccc2)NC(=O)[C@@H](CC(C)C)NC(=O)[C@@H](C(C)C)NC(=O)[C@H](CC(C)C)NC(=O)[C@@H](CC(C)C)NC(=O)[C@H](Cc2ccccc2)NC(=O)[C@@H](CC(C)C)NC(=O)[C@@H](C(C)C)NC(=O)[C@@H](CC(C)C)NC1=O. The molecule has 0 spiro atoms. The lowest BCUT2D eigenvalue weighted by molar-refractivity contribution is -0.137. The summed E-state index contributed by atoms with van der Waals surface area (Å²) >= 11 is 0. The van der Waals surface area contributed by atoms with E-state index in [1.807, 2.05) is 95.2 Å². The lowest BCUT2D eigenvalue weighted by atomic mass is 9.96. The minimum atomic E-state index is -1.27. The molecular weight excluding hydrogens is 1070 g/mol. The van der Waals surface area contributed by atoms with Crippen molar-refractivity contribution in [1.82, 2.24) is 53.2 Å². The van der Waals surface area contributed by atoms with Crippen LogP contribution in [0.4, 0.5) is 0 Å². The monoisotopic (exact) mass is 1170 g/mol. The van der Waals surface area contributed by atoms with Gasteiger partial charge in [-0.3, -0.25) is 47.9 Å². The number of nitrogens with one attached hydrogen (secondary N) is 10. The van der Waals surface area contributed by atoms with Gasteiger partial charge in [-0.2, -0.15) is 0 Å². The summed E-state index contributed by atoms with van der Waals surface area (Å²) in [5, 5.41) is 28.6. The van der Waals surface area contributed by atoms with Gasteiger partial charge in [-0.15, -0.1) is 0 Å². The van der Waals surface area contributed by atoms with Gasteiger partial charge in [0.25, 0.3) is 0 Å². The summed E-state index contributed by atoms with van der Waals surface area (Å²) in [6.07, 6.45) is 0.827. The van der Waals surface area contributed by atoms with E-state index in [9.17, 15) is 47.9 Å². The zero-order valence-corrected chi connectivity index (χ0v) is 52.9. The van der Waals surface area contributed by atoms with E-state index in [1.165, 1.54) is 0 Å². The second-order valence-electron chi connectivity index (χ2n) is 26.1. The lowest BCUT2D eigenvalue weighted by Gasteiger charge is -2.31. The van der Waals surface area contributed by atoms with E-state index in [2.05, 4.69) is 53.2 Å². The molecule has 0 unspecified atom stereocenters. The molecule has 10 N–H and O–H groups in total. The third-order valence-corrected chi connectivity index (χ3v) is 14.4. The van der Waals surface area contributed by atoms with Crippen molar-refractivity contribution in [1.29, 1.82) is 0 Å². The number of rotatable bonds is 18. The van der Waals surface area contributed by atoms with Crippen LogP contribution in [-0.2, 0) is 60.8 Å². The Morgan fingerprint density at radius 3 is 0.631 bits per heavy atom. The van der Waals surface area contributed by atoms with Gasteiger partial charge in [0.15, 0.2) is 0 Å². The summed E-state index contributed by atoms with van der Waals surface area (Å²) in [6.45, 7) is 29.4. The molecule has 1 fully saturated rings. The molecule has 1 heterocycles. The molecule has 20 nitrogen and oxygen atoms in total. The van der Waals surface area contributed by atoms with Crippen molar-refractivity contribution in [3.05, 3.63) is 71.8 Å². The Kier molecular flexibility index (Phi) is 29.6. The van der Waals surface area contributed by atoms with Crippen molar-refractivity contribution < 1.29 is 47.9 Å². The number of carbonyl (C=O) groups excluding carboxylic acids is 10. The van der Waals surface area contributed by atoms with Gasteiger partial charge in [0.2, 0.25) is 59.1 Å². The fraction of sp³-hybridized carbons (Fsp3) is 0.656. The molecular formula is C64H102N10O10. The van der Waals surface area contributed by atoms with Gasteiger partial charge in [0, 0.05) is 12.8 Å². The van der Waals surface area contributed by atoms with Crippen LogP contribution >= 0.6 is 0 Å². The van der Waals surface area contributed by atoms with E-state index in [0.29, 0.717) is 11.1 Å². The number of hydrogen-bond acceptors (Lipinski definition) is 10. The Morgan fingerprint density at radius 1 is 0.250 bits per heavy atom. The zero-order valence-electron chi connectivity index (χ0n) is 52.9. The highest BCUT2D eigenvalue weighted by atomic mass is 16.2. The van der Waals surface area contributed by atoms with E-state index in [1.54, 1.807) is 76.2 Å². The van der Waals surface area contributed by atoms with Gasteiger partial charge in [-0.1, -0.05) is 171 Å². The lowest BCUT2D eigenvalue weighted by Crippen LogP contribution is -2.62. The minimum Gasteiger partial charge on any atom is -0.343 e. The first kappa shape index (κ1) is 71.4. The molecule has 10 amide bonds. The van der Waals surface area contributed by atoms with Crippen molar-refractivity contribution in [2.24, 2.45) is 47.3 Å². The molecule has 10 atom stereocenters. The fourth-order valence-corrected chi connectivity index (χ4v) is 10.1. The maximum Gasteiger partial charge on any atom is 0.243 e. The molecule has 468 valence electrons. The van der Waals surface area contributed by atoms with Crippen molar-refractivity contribution >= 4 is 59.1 Å². The van der Waals surface area contributed by atoms with E-state index in [-0.39, 0.29) is 86.9 Å². The van der Waals surface area contributed by atoms with Gasteiger partial charge in [-0.05, 0) is 97.0 Å². The number of carbonyl (C=O) groups is 10. The van der Waals surface area contributed by atoms with Crippen molar-refractivity contribution in [2.75, 3.05) is 0 Å². The highest BCUT2D eigenvalue weighted by Crippen LogP contribution is 2.17. The zero-order chi connectivity index (χ0) is 63.1. The van der Waals surface area contributed by atoms with Crippen LogP contribution in [0.3, 0.4) is 0 Å².